The lowest BCUT2D eigenvalue weighted by molar-refractivity contribution is 0.0942. The van der Waals surface area contributed by atoms with Crippen molar-refractivity contribution in [3.05, 3.63) is 33.8 Å². The van der Waals surface area contributed by atoms with Crippen molar-refractivity contribution < 1.29 is 0 Å². The zero-order valence-corrected chi connectivity index (χ0v) is 10.2. The molecule has 2 N–H and O–H groups in total. The quantitative estimate of drug-likeness (QED) is 0.844. The van der Waals surface area contributed by atoms with Crippen LogP contribution in [-0.2, 0) is 6.42 Å². The van der Waals surface area contributed by atoms with Crippen LogP contribution in [0.5, 0.6) is 0 Å². The second-order valence-electron chi connectivity index (χ2n) is 4.58. The second-order valence-corrected chi connectivity index (χ2v) is 5.43. The van der Waals surface area contributed by atoms with E-state index in [1.807, 2.05) is 0 Å². The normalized spacial score (nSPS) is 26.4. The first-order valence-corrected chi connectivity index (χ1v) is 6.32. The topological polar surface area (TPSA) is 29.3 Å². The summed E-state index contributed by atoms with van der Waals surface area (Å²) in [4.78, 5) is 2.50. The number of nitrogens with two attached hydrogens (primary N) is 1. The lowest BCUT2D eigenvalue weighted by Gasteiger charge is -2.41. The fourth-order valence-corrected chi connectivity index (χ4v) is 3.35. The Labute approximate surface area is 98.6 Å². The molecule has 1 fully saturated rings. The van der Waals surface area contributed by atoms with Gasteiger partial charge in [-0.3, -0.25) is 4.90 Å². The average molecular weight is 267 g/mol. The average Bonchev–Trinajstić information content (AvgIpc) is 2.58. The zero-order valence-electron chi connectivity index (χ0n) is 8.62. The number of likely N-dealkylation sites (tertiary alicyclic amines) is 1. The van der Waals surface area contributed by atoms with Gasteiger partial charge >= 0.3 is 0 Å². The number of fused-ring (bicyclic) bond motifs is 1. The molecule has 1 saturated heterocycles. The highest BCUT2D eigenvalue weighted by Crippen LogP contribution is 2.40. The predicted molar refractivity (Wildman–Crippen MR) is 64.8 cm³/mol. The largest absolute Gasteiger partial charge is 0.325 e. The summed E-state index contributed by atoms with van der Waals surface area (Å²) < 4.78 is 1.27. The van der Waals surface area contributed by atoms with Crippen molar-refractivity contribution in [3.8, 4) is 0 Å². The zero-order chi connectivity index (χ0) is 10.4. The summed E-state index contributed by atoms with van der Waals surface area (Å²) in [5.74, 6) is 0. The molecule has 0 aromatic heterocycles. The van der Waals surface area contributed by atoms with Crippen molar-refractivity contribution in [2.45, 2.75) is 24.9 Å². The van der Waals surface area contributed by atoms with E-state index in [0.29, 0.717) is 12.1 Å². The van der Waals surface area contributed by atoms with Crippen LogP contribution in [0.4, 0.5) is 0 Å². The second kappa shape index (κ2) is 3.58. The maximum Gasteiger partial charge on any atom is 0.0355 e. The molecule has 2 aliphatic rings. The van der Waals surface area contributed by atoms with Gasteiger partial charge in [0.15, 0.2) is 0 Å². The summed E-state index contributed by atoms with van der Waals surface area (Å²) in [5, 5.41) is 0. The van der Waals surface area contributed by atoms with Gasteiger partial charge in [0.05, 0.1) is 0 Å². The molecular formula is C12H15BrN2. The molecule has 3 rings (SSSR count). The lowest BCUT2D eigenvalue weighted by atomic mass is 10.0. The summed E-state index contributed by atoms with van der Waals surface area (Å²) in [5.41, 5.74) is 8.85. The van der Waals surface area contributed by atoms with E-state index in [9.17, 15) is 0 Å². The van der Waals surface area contributed by atoms with E-state index < -0.39 is 0 Å². The molecule has 0 spiro atoms. The fraction of sp³-hybridized carbons (Fsp3) is 0.500. The Balaban J connectivity index is 1.89. The van der Waals surface area contributed by atoms with Crippen molar-refractivity contribution in [3.63, 3.8) is 0 Å². The predicted octanol–water partition coefficient (Wildman–Crippen LogP) is 2.08. The Morgan fingerprint density at radius 2 is 2.13 bits per heavy atom. The summed E-state index contributed by atoms with van der Waals surface area (Å²) in [6, 6.07) is 7.57. The first-order valence-electron chi connectivity index (χ1n) is 5.52. The first-order chi connectivity index (χ1) is 7.25. The standard InChI is InChI=1S/C12H15BrN2/c13-11-3-1-2-10-9(11)4-5-12(10)15-6-8(14)7-15/h1-3,8,12H,4-7,14H2. The molecule has 2 nitrogen and oxygen atoms in total. The van der Waals surface area contributed by atoms with Crippen LogP contribution in [0.1, 0.15) is 23.6 Å². The number of rotatable bonds is 1. The minimum Gasteiger partial charge on any atom is -0.325 e. The molecule has 0 amide bonds. The van der Waals surface area contributed by atoms with Gasteiger partial charge in [0.1, 0.15) is 0 Å². The maximum absolute atomic E-state index is 5.84. The molecule has 80 valence electrons. The third kappa shape index (κ3) is 1.53. The Morgan fingerprint density at radius 3 is 2.87 bits per heavy atom. The summed E-state index contributed by atoms with van der Waals surface area (Å²) >= 11 is 3.63. The van der Waals surface area contributed by atoms with Crippen LogP contribution in [0.2, 0.25) is 0 Å². The van der Waals surface area contributed by atoms with E-state index in [1.54, 1.807) is 0 Å². The monoisotopic (exact) mass is 266 g/mol. The Morgan fingerprint density at radius 1 is 1.33 bits per heavy atom. The number of hydrogen-bond donors (Lipinski definition) is 1. The Bertz CT molecular complexity index is 385. The minimum absolute atomic E-state index is 0.404. The highest BCUT2D eigenvalue weighted by molar-refractivity contribution is 9.10. The van der Waals surface area contributed by atoms with Crippen LogP contribution in [0.25, 0.3) is 0 Å². The maximum atomic E-state index is 5.84. The molecule has 1 heterocycles. The van der Waals surface area contributed by atoms with Crippen molar-refractivity contribution in [1.82, 2.24) is 4.90 Å². The van der Waals surface area contributed by atoms with Crippen LogP contribution < -0.4 is 5.73 Å². The summed E-state index contributed by atoms with van der Waals surface area (Å²) in [7, 11) is 0. The van der Waals surface area contributed by atoms with Gasteiger partial charge in [-0.05, 0) is 30.0 Å². The highest BCUT2D eigenvalue weighted by atomic mass is 79.9. The molecule has 3 heteroatoms. The van der Waals surface area contributed by atoms with Crippen LogP contribution in [0.15, 0.2) is 22.7 Å². The molecule has 1 unspecified atom stereocenters. The van der Waals surface area contributed by atoms with E-state index in [2.05, 4.69) is 39.0 Å². The van der Waals surface area contributed by atoms with Crippen LogP contribution >= 0.6 is 15.9 Å². The SMILES string of the molecule is NC1CN(C2CCc3c(Br)cccc32)C1. The molecule has 0 bridgehead atoms. The molecule has 0 radical (unpaired) electrons. The van der Waals surface area contributed by atoms with Crippen molar-refractivity contribution >= 4 is 15.9 Å². The first kappa shape index (κ1) is 9.82. The van der Waals surface area contributed by atoms with Crippen LogP contribution in [0.3, 0.4) is 0 Å². The van der Waals surface area contributed by atoms with E-state index in [-0.39, 0.29) is 0 Å². The Kier molecular flexibility index (Phi) is 2.34. The van der Waals surface area contributed by atoms with Gasteiger partial charge in [-0.15, -0.1) is 0 Å². The van der Waals surface area contributed by atoms with E-state index in [0.717, 1.165) is 13.1 Å². The van der Waals surface area contributed by atoms with Crippen molar-refractivity contribution in [2.24, 2.45) is 5.73 Å². The molecule has 1 atom stereocenters. The van der Waals surface area contributed by atoms with Gasteiger partial charge in [0.2, 0.25) is 0 Å². The fourth-order valence-electron chi connectivity index (χ4n) is 2.77. The number of nitrogens with zero attached hydrogens (tertiary/aromatic N) is 1. The smallest absolute Gasteiger partial charge is 0.0355 e. The van der Waals surface area contributed by atoms with E-state index >= 15 is 0 Å². The van der Waals surface area contributed by atoms with Crippen LogP contribution in [0, 0.1) is 0 Å². The van der Waals surface area contributed by atoms with Crippen LogP contribution in [-0.4, -0.2) is 24.0 Å². The molecule has 1 aliphatic heterocycles. The molecule has 1 aromatic rings. The third-order valence-corrected chi connectivity index (χ3v) is 4.30. The minimum atomic E-state index is 0.404. The van der Waals surface area contributed by atoms with E-state index in [1.165, 1.54) is 28.4 Å². The van der Waals surface area contributed by atoms with Gasteiger partial charge in [-0.1, -0.05) is 28.1 Å². The van der Waals surface area contributed by atoms with Gasteiger partial charge in [0, 0.05) is 29.6 Å². The molecule has 1 aromatic carbocycles. The lowest BCUT2D eigenvalue weighted by Crippen LogP contribution is -2.56. The molecular weight excluding hydrogens is 252 g/mol. The van der Waals surface area contributed by atoms with Crippen molar-refractivity contribution in [1.29, 1.82) is 0 Å². The Hall–Kier alpha value is -0.380. The number of hydrogen-bond acceptors (Lipinski definition) is 2. The van der Waals surface area contributed by atoms with Gasteiger partial charge < -0.3 is 5.73 Å². The van der Waals surface area contributed by atoms with Crippen molar-refractivity contribution in [2.75, 3.05) is 13.1 Å². The molecule has 0 saturated carbocycles. The summed E-state index contributed by atoms with van der Waals surface area (Å²) in [6.45, 7) is 2.13. The van der Waals surface area contributed by atoms with Gasteiger partial charge in [0.25, 0.3) is 0 Å². The number of halogens is 1. The highest BCUT2D eigenvalue weighted by Gasteiger charge is 2.35. The summed E-state index contributed by atoms with van der Waals surface area (Å²) in [6.07, 6.45) is 2.46. The van der Waals surface area contributed by atoms with Gasteiger partial charge in [-0.2, -0.15) is 0 Å². The molecule has 15 heavy (non-hydrogen) atoms. The van der Waals surface area contributed by atoms with Gasteiger partial charge in [-0.25, -0.2) is 0 Å². The third-order valence-electron chi connectivity index (χ3n) is 3.56. The molecule has 1 aliphatic carbocycles. The number of benzene rings is 1. The van der Waals surface area contributed by atoms with E-state index in [4.69, 9.17) is 5.73 Å².